The maximum atomic E-state index is 14.0. The van der Waals surface area contributed by atoms with Crippen LogP contribution in [0.2, 0.25) is 0 Å². The lowest BCUT2D eigenvalue weighted by Gasteiger charge is -2.23. The fourth-order valence-corrected chi connectivity index (χ4v) is 3.97. The molecule has 0 saturated carbocycles. The number of esters is 2. The van der Waals surface area contributed by atoms with Crippen molar-refractivity contribution in [1.29, 1.82) is 0 Å². The molecule has 1 aromatic carbocycles. The van der Waals surface area contributed by atoms with Crippen molar-refractivity contribution in [3.05, 3.63) is 40.8 Å². The first kappa shape index (κ1) is 23.4. The Bertz CT molecular complexity index is 1170. The van der Waals surface area contributed by atoms with Crippen molar-refractivity contribution in [1.82, 2.24) is 9.97 Å². The van der Waals surface area contributed by atoms with Crippen molar-refractivity contribution in [2.75, 3.05) is 12.4 Å². The molecule has 3 aromatic rings. The number of carbonyl (C=O) groups excluding carboxylic acids is 2. The first-order valence-corrected chi connectivity index (χ1v) is 10.6. The van der Waals surface area contributed by atoms with Crippen molar-refractivity contribution in [2.24, 2.45) is 0 Å². The molecule has 170 valence electrons. The summed E-state index contributed by atoms with van der Waals surface area (Å²) in [5.41, 5.74) is 0.358. The van der Waals surface area contributed by atoms with Gasteiger partial charge in [0.2, 0.25) is 0 Å². The van der Waals surface area contributed by atoms with Gasteiger partial charge in [-0.1, -0.05) is 0 Å². The highest BCUT2D eigenvalue weighted by molar-refractivity contribution is 7.20. The summed E-state index contributed by atoms with van der Waals surface area (Å²) in [5.74, 6) is -1.06. The van der Waals surface area contributed by atoms with E-state index < -0.39 is 29.5 Å². The van der Waals surface area contributed by atoms with E-state index in [-0.39, 0.29) is 5.75 Å². The lowest BCUT2D eigenvalue weighted by molar-refractivity contribution is -0.162. The van der Waals surface area contributed by atoms with Gasteiger partial charge in [-0.3, -0.25) is 0 Å². The molecule has 3 rings (SSSR count). The predicted molar refractivity (Wildman–Crippen MR) is 119 cm³/mol. The summed E-state index contributed by atoms with van der Waals surface area (Å²) in [7, 11) is 1.31. The van der Waals surface area contributed by atoms with Gasteiger partial charge in [0.05, 0.1) is 18.2 Å². The minimum atomic E-state index is -0.976. The fraction of sp³-hybridized carbons (Fsp3) is 0.364. The molecule has 0 aliphatic carbocycles. The number of aryl methyl sites for hydroxylation is 1. The Balaban J connectivity index is 1.95. The molecule has 0 fully saturated rings. The van der Waals surface area contributed by atoms with Crippen molar-refractivity contribution in [3.8, 4) is 5.75 Å². The molecule has 32 heavy (non-hydrogen) atoms. The van der Waals surface area contributed by atoms with Crippen molar-refractivity contribution in [3.63, 3.8) is 0 Å². The average Bonchev–Trinajstić information content (AvgIpc) is 3.05. The number of ether oxygens (including phenoxy) is 3. The smallest absolute Gasteiger partial charge is 0.348 e. The van der Waals surface area contributed by atoms with Gasteiger partial charge < -0.3 is 19.5 Å². The molecule has 0 amide bonds. The third-order valence-corrected chi connectivity index (χ3v) is 5.52. The number of methoxy groups -OCH3 is 1. The summed E-state index contributed by atoms with van der Waals surface area (Å²) in [6, 6.07) is 3.90. The highest BCUT2D eigenvalue weighted by Gasteiger charge is 2.25. The quantitative estimate of drug-likeness (QED) is 0.524. The number of carbonyl (C=O) groups is 2. The SMILES string of the molecule is COC(=O)c1sc2ncnc(Nc3ccc(F)cc3OC(C)C(=O)OC(C)(C)C)c2c1C. The summed E-state index contributed by atoms with van der Waals surface area (Å²) < 4.78 is 29.8. The molecule has 8 nitrogen and oxygen atoms in total. The van der Waals surface area contributed by atoms with Crippen LogP contribution in [0, 0.1) is 12.7 Å². The molecule has 1 N–H and O–H groups in total. The normalized spacial score (nSPS) is 12.3. The molecule has 0 aliphatic heterocycles. The third kappa shape index (κ3) is 5.13. The highest BCUT2D eigenvalue weighted by Crippen LogP contribution is 2.37. The van der Waals surface area contributed by atoms with Gasteiger partial charge in [0.15, 0.2) is 6.10 Å². The lowest BCUT2D eigenvalue weighted by Crippen LogP contribution is -2.33. The molecule has 1 atom stereocenters. The minimum Gasteiger partial charge on any atom is -0.477 e. The van der Waals surface area contributed by atoms with E-state index in [9.17, 15) is 14.0 Å². The van der Waals surface area contributed by atoms with E-state index in [1.165, 1.54) is 49.9 Å². The van der Waals surface area contributed by atoms with E-state index in [4.69, 9.17) is 14.2 Å². The van der Waals surface area contributed by atoms with Gasteiger partial charge in [-0.2, -0.15) is 0 Å². The molecule has 0 radical (unpaired) electrons. The van der Waals surface area contributed by atoms with E-state index >= 15 is 0 Å². The van der Waals surface area contributed by atoms with Crippen LogP contribution >= 0.6 is 11.3 Å². The van der Waals surface area contributed by atoms with Gasteiger partial charge in [-0.25, -0.2) is 23.9 Å². The number of hydrogen-bond acceptors (Lipinski definition) is 9. The van der Waals surface area contributed by atoms with E-state index in [0.29, 0.717) is 32.2 Å². The first-order valence-electron chi connectivity index (χ1n) is 9.78. The van der Waals surface area contributed by atoms with Gasteiger partial charge in [0, 0.05) is 6.07 Å². The second kappa shape index (κ2) is 9.07. The molecule has 10 heteroatoms. The van der Waals surface area contributed by atoms with Gasteiger partial charge in [0.25, 0.3) is 0 Å². The van der Waals surface area contributed by atoms with E-state index in [2.05, 4.69) is 15.3 Å². The van der Waals surface area contributed by atoms with Crippen LogP contribution in [-0.2, 0) is 14.3 Å². The molecule has 2 aromatic heterocycles. The number of rotatable bonds is 6. The fourth-order valence-electron chi connectivity index (χ4n) is 2.90. The average molecular weight is 462 g/mol. The Morgan fingerprint density at radius 3 is 2.59 bits per heavy atom. The van der Waals surface area contributed by atoms with Crippen molar-refractivity contribution in [2.45, 2.75) is 46.3 Å². The van der Waals surface area contributed by atoms with E-state index in [0.717, 1.165) is 0 Å². The predicted octanol–water partition coefficient (Wildman–Crippen LogP) is 4.78. The monoisotopic (exact) mass is 461 g/mol. The molecular weight excluding hydrogens is 437 g/mol. The van der Waals surface area contributed by atoms with Gasteiger partial charge in [0.1, 0.15) is 39.0 Å². The topological polar surface area (TPSA) is 99.6 Å². The van der Waals surface area contributed by atoms with E-state index in [1.807, 2.05) is 0 Å². The molecule has 0 saturated heterocycles. The summed E-state index contributed by atoms with van der Waals surface area (Å²) in [6.45, 7) is 8.54. The van der Waals surface area contributed by atoms with Crippen LogP contribution in [0.4, 0.5) is 15.9 Å². The number of aromatic nitrogens is 2. The number of anilines is 2. The molecule has 0 bridgehead atoms. The van der Waals surface area contributed by atoms with E-state index in [1.54, 1.807) is 27.7 Å². The van der Waals surface area contributed by atoms with Crippen LogP contribution in [-0.4, -0.2) is 40.7 Å². The van der Waals surface area contributed by atoms with Crippen LogP contribution in [0.25, 0.3) is 10.2 Å². The molecule has 2 heterocycles. The zero-order chi connectivity index (χ0) is 23.6. The standard InChI is InChI=1S/C22H24FN3O5S/c1-11-16-18(24-10-25-19(16)32-17(11)21(28)29-6)26-14-8-7-13(23)9-15(14)30-12(2)20(27)31-22(3,4)5/h7-10,12H,1-6H3,(H,24,25,26). The zero-order valence-electron chi connectivity index (χ0n) is 18.6. The Kier molecular flexibility index (Phi) is 6.63. The zero-order valence-corrected chi connectivity index (χ0v) is 19.4. The molecule has 1 unspecified atom stereocenters. The van der Waals surface area contributed by atoms with Crippen LogP contribution < -0.4 is 10.1 Å². The summed E-state index contributed by atoms with van der Waals surface area (Å²) in [6.07, 6.45) is 0.380. The van der Waals surface area contributed by atoms with Crippen LogP contribution in [0.15, 0.2) is 24.5 Å². The Hall–Kier alpha value is -3.27. The number of halogens is 1. The Morgan fingerprint density at radius 1 is 1.22 bits per heavy atom. The largest absolute Gasteiger partial charge is 0.477 e. The molecular formula is C22H24FN3O5S. The molecule has 0 spiro atoms. The number of nitrogens with one attached hydrogen (secondary N) is 1. The number of thiophene rings is 1. The summed E-state index contributed by atoms with van der Waals surface area (Å²) in [4.78, 5) is 33.9. The van der Waals surface area contributed by atoms with Crippen molar-refractivity contribution < 1.29 is 28.2 Å². The number of nitrogens with zero attached hydrogens (tertiary/aromatic N) is 2. The second-order valence-corrected chi connectivity index (χ2v) is 9.01. The highest BCUT2D eigenvalue weighted by atomic mass is 32.1. The third-order valence-electron chi connectivity index (χ3n) is 4.34. The van der Waals surface area contributed by atoms with Crippen LogP contribution in [0.5, 0.6) is 5.75 Å². The van der Waals surface area contributed by atoms with Crippen LogP contribution in [0.1, 0.15) is 42.9 Å². The second-order valence-electron chi connectivity index (χ2n) is 8.01. The Labute approximate surface area is 188 Å². The lowest BCUT2D eigenvalue weighted by atomic mass is 10.2. The minimum absolute atomic E-state index is 0.108. The van der Waals surface area contributed by atoms with Gasteiger partial charge in [-0.05, 0) is 52.3 Å². The van der Waals surface area contributed by atoms with Crippen LogP contribution in [0.3, 0.4) is 0 Å². The number of fused-ring (bicyclic) bond motifs is 1. The van der Waals surface area contributed by atoms with Gasteiger partial charge >= 0.3 is 11.9 Å². The van der Waals surface area contributed by atoms with Crippen molar-refractivity contribution >= 4 is 45.0 Å². The maximum Gasteiger partial charge on any atom is 0.348 e. The molecule has 0 aliphatic rings. The maximum absolute atomic E-state index is 14.0. The number of benzene rings is 1. The first-order chi connectivity index (χ1) is 15.0. The summed E-state index contributed by atoms with van der Waals surface area (Å²) in [5, 5.41) is 3.74. The van der Waals surface area contributed by atoms with Gasteiger partial charge in [-0.15, -0.1) is 11.3 Å². The number of hydrogen-bond donors (Lipinski definition) is 1. The summed E-state index contributed by atoms with van der Waals surface area (Å²) >= 11 is 1.19. The Morgan fingerprint density at radius 2 is 1.94 bits per heavy atom.